The average Bonchev–Trinajstić information content (AvgIpc) is 3.32. The Morgan fingerprint density at radius 2 is 0.889 bits per heavy atom. The highest BCUT2D eigenvalue weighted by Gasteiger charge is 2.40. The highest BCUT2D eigenvalue weighted by atomic mass is 15.2. The fourth-order valence-electron chi connectivity index (χ4n) is 8.03. The van der Waals surface area contributed by atoms with Crippen molar-refractivity contribution in [2.45, 2.75) is 174 Å². The van der Waals surface area contributed by atoms with Gasteiger partial charge < -0.3 is 10.6 Å². The quantitative estimate of drug-likeness (QED) is 0.162. The second kappa shape index (κ2) is 19.1. The number of hydrogen-bond acceptors (Lipinski definition) is 2. The first-order valence-corrected chi connectivity index (χ1v) is 17.3. The van der Waals surface area contributed by atoms with Crippen LogP contribution >= 0.6 is 0 Å². The fourth-order valence-corrected chi connectivity index (χ4v) is 8.03. The third-order valence-electron chi connectivity index (χ3n) is 10.4. The van der Waals surface area contributed by atoms with E-state index < -0.39 is 0 Å². The maximum absolute atomic E-state index is 3.96. The van der Waals surface area contributed by atoms with Crippen LogP contribution in [0.1, 0.15) is 168 Å². The summed E-state index contributed by atoms with van der Waals surface area (Å²) in [5, 5.41) is 7.91. The fraction of sp³-hybridized carbons (Fsp3) is 1.00. The average molecular weight is 503 g/mol. The zero-order chi connectivity index (χ0) is 25.3. The van der Waals surface area contributed by atoms with Crippen molar-refractivity contribution < 1.29 is 0 Å². The third-order valence-corrected chi connectivity index (χ3v) is 10.4. The predicted molar refractivity (Wildman–Crippen MR) is 159 cm³/mol. The van der Waals surface area contributed by atoms with Crippen molar-refractivity contribution in [1.29, 1.82) is 0 Å². The highest BCUT2D eigenvalue weighted by molar-refractivity contribution is 4.93. The van der Waals surface area contributed by atoms with Gasteiger partial charge in [-0.05, 0) is 68.1 Å². The van der Waals surface area contributed by atoms with Gasteiger partial charge >= 0.3 is 0 Å². The zero-order valence-electron chi connectivity index (χ0n) is 24.8. The summed E-state index contributed by atoms with van der Waals surface area (Å²) >= 11 is 0. The Hall–Kier alpha value is -0.0800. The molecule has 3 aliphatic rings. The molecule has 0 aromatic carbocycles. The van der Waals surface area contributed by atoms with Gasteiger partial charge in [0.15, 0.2) is 0 Å². The Balaban J connectivity index is 1.18. The molecular formula is C34H66N2. The summed E-state index contributed by atoms with van der Waals surface area (Å²) in [4.78, 5) is 0. The van der Waals surface area contributed by atoms with Gasteiger partial charge in [0.25, 0.3) is 0 Å². The molecule has 1 aliphatic heterocycles. The molecule has 2 aliphatic carbocycles. The number of unbranched alkanes of at least 4 members (excludes halogenated alkanes) is 15. The number of hydrogen-bond donors (Lipinski definition) is 2. The Bertz CT molecular complexity index is 511. The van der Waals surface area contributed by atoms with E-state index in [1.165, 1.54) is 154 Å². The highest BCUT2D eigenvalue weighted by Crippen LogP contribution is 2.48. The van der Waals surface area contributed by atoms with Gasteiger partial charge in [-0.3, -0.25) is 0 Å². The van der Waals surface area contributed by atoms with Gasteiger partial charge in [-0.2, -0.15) is 0 Å². The third kappa shape index (κ3) is 11.8. The van der Waals surface area contributed by atoms with Crippen LogP contribution in [0.25, 0.3) is 0 Å². The first-order chi connectivity index (χ1) is 17.8. The molecule has 2 nitrogen and oxygen atoms in total. The minimum atomic E-state index is 0.609. The van der Waals surface area contributed by atoms with Crippen molar-refractivity contribution in [3.05, 3.63) is 0 Å². The molecule has 36 heavy (non-hydrogen) atoms. The molecule has 0 amide bonds. The van der Waals surface area contributed by atoms with E-state index in [0.29, 0.717) is 6.17 Å². The Morgan fingerprint density at radius 1 is 0.444 bits per heavy atom. The monoisotopic (exact) mass is 503 g/mol. The van der Waals surface area contributed by atoms with Crippen LogP contribution in [0, 0.1) is 29.6 Å². The molecule has 3 fully saturated rings. The van der Waals surface area contributed by atoms with Crippen molar-refractivity contribution in [3.63, 3.8) is 0 Å². The molecule has 0 radical (unpaired) electrons. The van der Waals surface area contributed by atoms with Gasteiger partial charge in [0.1, 0.15) is 0 Å². The molecule has 1 saturated heterocycles. The van der Waals surface area contributed by atoms with Crippen LogP contribution in [-0.2, 0) is 0 Å². The van der Waals surface area contributed by atoms with Gasteiger partial charge in [0, 0.05) is 13.1 Å². The topological polar surface area (TPSA) is 24.1 Å². The van der Waals surface area contributed by atoms with Crippen molar-refractivity contribution in [3.8, 4) is 0 Å². The first kappa shape index (κ1) is 30.5. The second-order valence-corrected chi connectivity index (χ2v) is 13.5. The van der Waals surface area contributed by atoms with Gasteiger partial charge in [-0.15, -0.1) is 0 Å². The lowest BCUT2D eigenvalue weighted by Crippen LogP contribution is -2.57. The molecule has 212 valence electrons. The molecule has 0 aromatic heterocycles. The summed E-state index contributed by atoms with van der Waals surface area (Å²) in [6, 6.07) is 0. The van der Waals surface area contributed by atoms with E-state index in [9.17, 15) is 0 Å². The number of rotatable bonds is 20. The summed E-state index contributed by atoms with van der Waals surface area (Å²) in [6.45, 7) is 7.15. The van der Waals surface area contributed by atoms with E-state index in [2.05, 4.69) is 24.5 Å². The minimum Gasteiger partial charge on any atom is -0.301 e. The summed E-state index contributed by atoms with van der Waals surface area (Å²) in [5.41, 5.74) is 0. The van der Waals surface area contributed by atoms with E-state index >= 15 is 0 Å². The normalized spacial score (nSPS) is 30.5. The number of nitrogens with one attached hydrogen (secondary N) is 2. The van der Waals surface area contributed by atoms with Gasteiger partial charge in [0.05, 0.1) is 6.17 Å². The lowest BCUT2D eigenvalue weighted by atomic mass is 9.74. The van der Waals surface area contributed by atoms with E-state index in [1.54, 1.807) is 12.8 Å². The molecular weight excluding hydrogens is 436 g/mol. The van der Waals surface area contributed by atoms with E-state index in [1.807, 2.05) is 0 Å². The van der Waals surface area contributed by atoms with E-state index in [0.717, 1.165) is 29.6 Å². The van der Waals surface area contributed by atoms with E-state index in [-0.39, 0.29) is 0 Å². The number of fused-ring (bicyclic) bond motifs is 1. The maximum Gasteiger partial charge on any atom is 0.0601 e. The lowest BCUT2D eigenvalue weighted by molar-refractivity contribution is 0.131. The molecule has 3 rings (SSSR count). The van der Waals surface area contributed by atoms with Crippen molar-refractivity contribution in [2.24, 2.45) is 29.6 Å². The van der Waals surface area contributed by atoms with Crippen molar-refractivity contribution >= 4 is 0 Å². The minimum absolute atomic E-state index is 0.609. The molecule has 2 N–H and O–H groups in total. The second-order valence-electron chi connectivity index (χ2n) is 13.5. The van der Waals surface area contributed by atoms with Gasteiger partial charge in [-0.25, -0.2) is 0 Å². The van der Waals surface area contributed by atoms with Crippen LogP contribution in [-0.4, -0.2) is 19.3 Å². The van der Waals surface area contributed by atoms with Crippen LogP contribution in [0.15, 0.2) is 0 Å². The smallest absolute Gasteiger partial charge is 0.0601 e. The summed E-state index contributed by atoms with van der Waals surface area (Å²) in [6.07, 6.45) is 36.0. The molecule has 0 bridgehead atoms. The standard InChI is InChI=1S/C34H66N2/c1-3-5-7-9-11-12-13-14-15-17-18-20-29-24-31-22-23-32(26-33(31)25-29)34-35-27-30(28-36-34)21-19-16-10-8-6-4-2/h29-36H,3-28H2,1-2H3. The van der Waals surface area contributed by atoms with E-state index in [4.69, 9.17) is 0 Å². The van der Waals surface area contributed by atoms with Gasteiger partial charge in [-0.1, -0.05) is 129 Å². The maximum atomic E-state index is 3.96. The summed E-state index contributed by atoms with van der Waals surface area (Å²) in [7, 11) is 0. The Morgan fingerprint density at radius 3 is 1.44 bits per heavy atom. The molecule has 0 aromatic rings. The zero-order valence-corrected chi connectivity index (χ0v) is 24.8. The molecule has 4 unspecified atom stereocenters. The molecule has 2 saturated carbocycles. The largest absolute Gasteiger partial charge is 0.301 e. The molecule has 0 spiro atoms. The summed E-state index contributed by atoms with van der Waals surface area (Å²) in [5.74, 6) is 4.94. The summed E-state index contributed by atoms with van der Waals surface area (Å²) < 4.78 is 0. The van der Waals surface area contributed by atoms with Crippen molar-refractivity contribution in [2.75, 3.05) is 13.1 Å². The molecule has 4 atom stereocenters. The van der Waals surface area contributed by atoms with Crippen LogP contribution in [0.5, 0.6) is 0 Å². The Kier molecular flexibility index (Phi) is 16.1. The SMILES string of the molecule is CCCCCCCCCCCCCC1CC2CCC(C3NCC(CCCCCCCC)CN3)CC2C1. The molecule has 1 heterocycles. The van der Waals surface area contributed by atoms with Crippen LogP contribution < -0.4 is 10.6 Å². The van der Waals surface area contributed by atoms with Crippen LogP contribution in [0.2, 0.25) is 0 Å². The first-order valence-electron chi connectivity index (χ1n) is 17.3. The van der Waals surface area contributed by atoms with Crippen LogP contribution in [0.4, 0.5) is 0 Å². The van der Waals surface area contributed by atoms with Gasteiger partial charge in [0.2, 0.25) is 0 Å². The molecule has 2 heteroatoms. The van der Waals surface area contributed by atoms with Crippen molar-refractivity contribution in [1.82, 2.24) is 10.6 Å². The van der Waals surface area contributed by atoms with Crippen LogP contribution in [0.3, 0.4) is 0 Å². The lowest BCUT2D eigenvalue weighted by Gasteiger charge is -2.41. The Labute approximate surface area is 227 Å². The predicted octanol–water partition coefficient (Wildman–Crippen LogP) is 10.0.